The maximum atomic E-state index is 14.1. The van der Waals surface area contributed by atoms with Crippen molar-refractivity contribution in [1.82, 2.24) is 14.5 Å². The molecule has 0 amide bonds. The Morgan fingerprint density at radius 1 is 1.21 bits per heavy atom. The minimum Gasteiger partial charge on any atom is -0.411 e. The van der Waals surface area contributed by atoms with Crippen molar-refractivity contribution in [2.24, 2.45) is 5.92 Å². The summed E-state index contributed by atoms with van der Waals surface area (Å²) in [6.07, 6.45) is 1.21. The van der Waals surface area contributed by atoms with Crippen LogP contribution in [0.3, 0.4) is 0 Å². The second-order valence-corrected chi connectivity index (χ2v) is 6.62. The summed E-state index contributed by atoms with van der Waals surface area (Å²) in [6, 6.07) is 3.55. The molecule has 1 aliphatic carbocycles. The molecular weight excluding hydrogens is 369 g/mol. The predicted octanol–water partition coefficient (Wildman–Crippen LogP) is 0.974. The number of carbonyl (C=O) groups excluding carboxylic acids is 3. The van der Waals surface area contributed by atoms with Crippen LogP contribution in [0.4, 0.5) is 4.39 Å². The number of aromatic nitrogens is 3. The second kappa shape index (κ2) is 7.87. The zero-order valence-corrected chi connectivity index (χ0v) is 15.6. The molecule has 9 heteroatoms. The smallest absolute Gasteiger partial charge is 0.379 e. The minimum atomic E-state index is -1.37. The third-order valence-electron chi connectivity index (χ3n) is 4.69. The van der Waals surface area contributed by atoms with Gasteiger partial charge < -0.3 is 4.84 Å². The van der Waals surface area contributed by atoms with Crippen molar-refractivity contribution in [2.75, 3.05) is 7.11 Å². The van der Waals surface area contributed by atoms with Crippen LogP contribution in [0.2, 0.25) is 0 Å². The number of Topliss-reactive ketones (excluding diaryl/α,β-unsaturated/α-hetero) is 3. The summed E-state index contributed by atoms with van der Waals surface area (Å²) in [6.45, 7) is 1.71. The second-order valence-electron chi connectivity index (χ2n) is 6.62. The molecule has 1 aromatic heterocycles. The first kappa shape index (κ1) is 19.7. The molecule has 0 N–H and O–H groups in total. The Labute approximate surface area is 159 Å². The zero-order valence-electron chi connectivity index (χ0n) is 15.6. The normalized spacial score (nSPS) is 15.1. The first-order valence-corrected chi connectivity index (χ1v) is 8.98. The van der Waals surface area contributed by atoms with Crippen molar-refractivity contribution >= 4 is 17.3 Å². The summed E-state index contributed by atoms with van der Waals surface area (Å²) in [7, 11) is 1.34. The van der Waals surface area contributed by atoms with Gasteiger partial charge in [-0.2, -0.15) is 5.10 Å². The fourth-order valence-corrected chi connectivity index (χ4v) is 3.36. The Morgan fingerprint density at radius 2 is 1.89 bits per heavy atom. The minimum absolute atomic E-state index is 0.0708. The molecule has 2 aromatic rings. The first-order valence-electron chi connectivity index (χ1n) is 8.98. The highest BCUT2D eigenvalue weighted by atomic mass is 19.1. The van der Waals surface area contributed by atoms with Gasteiger partial charge in [0.1, 0.15) is 18.8 Å². The van der Waals surface area contributed by atoms with E-state index in [2.05, 4.69) is 5.10 Å². The van der Waals surface area contributed by atoms with Crippen molar-refractivity contribution in [1.29, 1.82) is 0 Å². The van der Waals surface area contributed by atoms with Crippen LogP contribution in [0.1, 0.15) is 47.9 Å². The number of hydrogen-bond donors (Lipinski definition) is 0. The SMILES string of the molecule is CCc1nn(Cc2cc(F)cc(C(=O)C3C(=O)CCCC3=O)c2)c(=O)n1OC. The average Bonchev–Trinajstić information content (AvgIpc) is 2.95. The number of benzene rings is 1. The highest BCUT2D eigenvalue weighted by molar-refractivity contribution is 6.25. The predicted molar refractivity (Wildman–Crippen MR) is 95.6 cm³/mol. The van der Waals surface area contributed by atoms with Gasteiger partial charge in [0.25, 0.3) is 0 Å². The van der Waals surface area contributed by atoms with Gasteiger partial charge in [-0.15, -0.1) is 4.73 Å². The third-order valence-corrected chi connectivity index (χ3v) is 4.69. The Morgan fingerprint density at radius 3 is 2.46 bits per heavy atom. The van der Waals surface area contributed by atoms with E-state index in [0.717, 1.165) is 15.5 Å². The summed E-state index contributed by atoms with van der Waals surface area (Å²) in [4.78, 5) is 54.0. The molecule has 28 heavy (non-hydrogen) atoms. The van der Waals surface area contributed by atoms with Crippen LogP contribution in [-0.4, -0.2) is 39.0 Å². The zero-order chi connectivity index (χ0) is 20.4. The molecule has 0 atom stereocenters. The van der Waals surface area contributed by atoms with Gasteiger partial charge in [-0.1, -0.05) is 6.92 Å². The molecule has 1 aromatic carbocycles. The van der Waals surface area contributed by atoms with E-state index in [4.69, 9.17) is 4.84 Å². The maximum Gasteiger partial charge on any atom is 0.379 e. The maximum absolute atomic E-state index is 14.1. The number of halogens is 1. The lowest BCUT2D eigenvalue weighted by Gasteiger charge is -2.18. The molecule has 0 saturated heterocycles. The fourth-order valence-electron chi connectivity index (χ4n) is 3.36. The van der Waals surface area contributed by atoms with Crippen LogP contribution < -0.4 is 10.5 Å². The molecule has 3 rings (SSSR count). The van der Waals surface area contributed by atoms with E-state index in [1.54, 1.807) is 6.92 Å². The van der Waals surface area contributed by atoms with E-state index in [0.29, 0.717) is 24.2 Å². The molecule has 0 bridgehead atoms. The van der Waals surface area contributed by atoms with Gasteiger partial charge in [-0.3, -0.25) is 14.4 Å². The molecule has 1 saturated carbocycles. The van der Waals surface area contributed by atoms with Gasteiger partial charge in [0, 0.05) is 24.8 Å². The van der Waals surface area contributed by atoms with E-state index in [1.807, 2.05) is 0 Å². The standard InChI is InChI=1S/C19H20FN3O5/c1-3-16-21-22(19(27)23(16)28-2)10-11-7-12(9-13(20)8-11)18(26)17-14(24)5-4-6-15(17)25/h7-9,17H,3-6,10H2,1-2H3. The number of aryl methyl sites for hydroxylation is 1. The van der Waals surface area contributed by atoms with E-state index in [9.17, 15) is 23.6 Å². The van der Waals surface area contributed by atoms with Crippen molar-refractivity contribution in [3.63, 3.8) is 0 Å². The van der Waals surface area contributed by atoms with Gasteiger partial charge in [-0.25, -0.2) is 13.9 Å². The van der Waals surface area contributed by atoms with E-state index in [1.165, 1.54) is 19.2 Å². The fraction of sp³-hybridized carbons (Fsp3) is 0.421. The highest BCUT2D eigenvalue weighted by Crippen LogP contribution is 2.23. The highest BCUT2D eigenvalue weighted by Gasteiger charge is 2.36. The molecule has 1 aliphatic rings. The van der Waals surface area contributed by atoms with Crippen molar-refractivity contribution in [3.05, 3.63) is 51.5 Å². The van der Waals surface area contributed by atoms with Crippen LogP contribution in [-0.2, 0) is 22.6 Å². The van der Waals surface area contributed by atoms with Crippen LogP contribution >= 0.6 is 0 Å². The lowest BCUT2D eigenvalue weighted by Crippen LogP contribution is -2.35. The average molecular weight is 389 g/mol. The monoisotopic (exact) mass is 389 g/mol. The Balaban J connectivity index is 1.93. The van der Waals surface area contributed by atoms with Gasteiger partial charge in [0.2, 0.25) is 0 Å². The molecule has 0 unspecified atom stereocenters. The quantitative estimate of drug-likeness (QED) is 0.539. The third kappa shape index (κ3) is 3.64. The van der Waals surface area contributed by atoms with Crippen LogP contribution in [0.25, 0.3) is 0 Å². The van der Waals surface area contributed by atoms with Crippen molar-refractivity contribution in [2.45, 2.75) is 39.2 Å². The molecule has 8 nitrogen and oxygen atoms in total. The molecule has 1 heterocycles. The van der Waals surface area contributed by atoms with Gasteiger partial charge in [0.15, 0.2) is 23.2 Å². The number of hydrogen-bond acceptors (Lipinski definition) is 6. The molecule has 1 fully saturated rings. The van der Waals surface area contributed by atoms with Gasteiger partial charge >= 0.3 is 5.69 Å². The molecular formula is C19H20FN3O5. The Kier molecular flexibility index (Phi) is 5.53. The van der Waals surface area contributed by atoms with Crippen LogP contribution in [0.5, 0.6) is 0 Å². The van der Waals surface area contributed by atoms with E-state index < -0.39 is 34.8 Å². The van der Waals surface area contributed by atoms with E-state index in [-0.39, 0.29) is 24.9 Å². The number of nitrogens with zero attached hydrogens (tertiary/aromatic N) is 3. The number of rotatable bonds is 6. The number of carbonyl (C=O) groups is 3. The molecule has 0 aliphatic heterocycles. The summed E-state index contributed by atoms with van der Waals surface area (Å²) in [5.41, 5.74) is -0.294. The van der Waals surface area contributed by atoms with Gasteiger partial charge in [-0.05, 0) is 30.2 Å². The summed E-state index contributed by atoms with van der Waals surface area (Å²) < 4.78 is 16.2. The van der Waals surface area contributed by atoms with Crippen molar-refractivity contribution < 1.29 is 23.6 Å². The summed E-state index contributed by atoms with van der Waals surface area (Å²) in [5, 5.41) is 4.14. The van der Waals surface area contributed by atoms with Crippen LogP contribution in [0, 0.1) is 11.7 Å². The number of ketones is 3. The molecule has 0 spiro atoms. The topological polar surface area (TPSA) is 100 Å². The first-order chi connectivity index (χ1) is 13.3. The largest absolute Gasteiger partial charge is 0.411 e. The van der Waals surface area contributed by atoms with Crippen LogP contribution in [0.15, 0.2) is 23.0 Å². The Hall–Kier alpha value is -3.10. The van der Waals surface area contributed by atoms with Gasteiger partial charge in [0.05, 0.1) is 6.54 Å². The Bertz CT molecular complexity index is 991. The molecule has 148 valence electrons. The van der Waals surface area contributed by atoms with E-state index >= 15 is 0 Å². The summed E-state index contributed by atoms with van der Waals surface area (Å²) in [5.74, 6) is -3.25. The van der Waals surface area contributed by atoms with Crippen molar-refractivity contribution in [3.8, 4) is 0 Å². The lowest BCUT2D eigenvalue weighted by molar-refractivity contribution is -0.133. The molecule has 0 radical (unpaired) electrons. The summed E-state index contributed by atoms with van der Waals surface area (Å²) >= 11 is 0. The lowest BCUT2D eigenvalue weighted by atomic mass is 9.81.